The van der Waals surface area contributed by atoms with Crippen molar-refractivity contribution in [2.75, 3.05) is 52.9 Å². The third kappa shape index (κ3) is 55.1. The van der Waals surface area contributed by atoms with Gasteiger partial charge in [0.05, 0.1) is 53.8 Å². The standard InChI is InChI=1S/2C29H38N4O4.C21H24O4.C4H6N2.C2H3N.3F6P.3K/c2*1-22-7-5-9-24(28(22)36-18-26(34)16-32-13-11-30(3)20-32)15-25-10-6-8-23(2)29(25)37-19-27(35)17-33-14-12-31(4)21-33;1-14-5-3-7-16(20(14)24-12-18-10-22-18)9-17-8-4-6-15(2)21(17)25-13-19-11-23-19;1-6-3-2-5-4-6;1-2-3;3*1-7(2,3,4,5)6;;;/h2*5-14,20-21,26-27,34-35H,15-19H2,1-4H3;3-8,18-19H,9-13H2,1-2H3;2-4H,1H3;1H3;;;;;;/q2*+2;;;;3*-1;3*+1. The van der Waals surface area contributed by atoms with E-state index in [1.54, 1.807) is 18.6 Å². The van der Waals surface area contributed by atoms with Crippen molar-refractivity contribution < 1.29 is 306 Å². The average molecular weight is 2030 g/mol. The van der Waals surface area contributed by atoms with Crippen LogP contribution < -0.4 is 201 Å². The minimum absolute atomic E-state index is 0. The number of aromatic nitrogens is 10. The van der Waals surface area contributed by atoms with E-state index in [9.17, 15) is 96.0 Å². The summed E-state index contributed by atoms with van der Waals surface area (Å²) in [5.41, 5.74) is 12.8. The molecular formula is C85H109F18K3N11O12P3+4. The summed E-state index contributed by atoms with van der Waals surface area (Å²) in [4.78, 5) is 3.78. The van der Waals surface area contributed by atoms with Crippen LogP contribution in [0.4, 0.5) is 75.5 Å². The van der Waals surface area contributed by atoms with Gasteiger partial charge in [0.2, 0.25) is 25.3 Å². The molecule has 6 atom stereocenters. The Hall–Kier alpha value is -5.64. The summed E-state index contributed by atoms with van der Waals surface area (Å²) in [6.45, 7) is 19.1. The Kier molecular flexibility index (Phi) is 45.9. The summed E-state index contributed by atoms with van der Waals surface area (Å²) < 4.78 is 242. The molecular weight excluding hydrogens is 1920 g/mol. The first kappa shape index (κ1) is 121. The van der Waals surface area contributed by atoms with Gasteiger partial charge >= 0.3 is 253 Å². The molecule has 0 aliphatic carbocycles. The molecule has 2 aliphatic rings. The molecule has 0 radical (unpaired) electrons. The summed E-state index contributed by atoms with van der Waals surface area (Å²) in [5.74, 6) is 5.08. The van der Waals surface area contributed by atoms with E-state index in [-0.39, 0.29) is 193 Å². The first-order chi connectivity index (χ1) is 59.4. The minimum Gasteiger partial charge on any atom is 1.00 e. The molecule has 23 nitrogen and oxygen atoms in total. The topological polar surface area (TPSA) is 238 Å². The Balaban J connectivity index is 0.000000439. The number of para-hydroxylation sites is 6. The van der Waals surface area contributed by atoms with Crippen molar-refractivity contribution in [1.29, 1.82) is 5.26 Å². The second kappa shape index (κ2) is 50.3. The maximum absolute atomic E-state index is 10.7. The van der Waals surface area contributed by atoms with Gasteiger partial charge in [0.25, 0.3) is 0 Å². The normalized spacial score (nSPS) is 15.4. The Bertz CT molecular complexity index is 4880. The number of aliphatic hydroxyl groups excluding tert-OH is 4. The summed E-state index contributed by atoms with van der Waals surface area (Å²) >= 11 is 0. The molecule has 13 rings (SSSR count). The van der Waals surface area contributed by atoms with Gasteiger partial charge in [0.15, 0.2) is 0 Å². The Morgan fingerprint density at radius 2 is 0.568 bits per heavy atom. The van der Waals surface area contributed by atoms with Crippen LogP contribution in [-0.4, -0.2) is 138 Å². The molecule has 2 aliphatic heterocycles. The molecule has 0 spiro atoms. The van der Waals surface area contributed by atoms with Crippen molar-refractivity contribution in [3.63, 3.8) is 0 Å². The molecule has 0 saturated carbocycles. The molecule has 11 aromatic rings. The number of aliphatic hydroxyl groups is 4. The number of hydrogen-bond donors (Lipinski definition) is 4. The Morgan fingerprint density at radius 1 is 0.379 bits per heavy atom. The summed E-state index contributed by atoms with van der Waals surface area (Å²) in [6, 6.07) is 38.7. The Morgan fingerprint density at radius 3 is 0.712 bits per heavy atom. The summed E-state index contributed by atoms with van der Waals surface area (Å²) in [5, 5.41) is 49.5. The molecule has 7 heterocycles. The fourth-order valence-corrected chi connectivity index (χ4v) is 12.3. The zero-order chi connectivity index (χ0) is 96.3. The maximum Gasteiger partial charge on any atom is 1.00 e. The zero-order valence-corrected chi connectivity index (χ0v) is 87.8. The molecule has 2 saturated heterocycles. The van der Waals surface area contributed by atoms with Gasteiger partial charge in [-0.15, -0.1) is 0 Å². The van der Waals surface area contributed by atoms with E-state index in [2.05, 4.69) is 55.2 Å². The third-order valence-corrected chi connectivity index (χ3v) is 17.8. The number of halogens is 18. The van der Waals surface area contributed by atoms with Crippen molar-refractivity contribution in [1.82, 2.24) is 27.8 Å². The smallest absolute Gasteiger partial charge is 1.00 e. The van der Waals surface area contributed by atoms with E-state index < -0.39 is 47.8 Å². The number of nitriles is 1. The maximum atomic E-state index is 10.6. The number of hydrogen-bond acceptors (Lipinski definition) is 14. The van der Waals surface area contributed by atoms with E-state index in [0.717, 1.165) is 110 Å². The molecule has 6 aromatic carbocycles. The first-order valence-electron chi connectivity index (χ1n) is 39.6. The van der Waals surface area contributed by atoms with E-state index in [0.29, 0.717) is 52.2 Å². The predicted molar refractivity (Wildman–Crippen MR) is 450 cm³/mol. The van der Waals surface area contributed by atoms with E-state index in [1.807, 2.05) is 258 Å². The number of nitrogens with zero attached hydrogens (tertiary/aromatic N) is 11. The molecule has 716 valence electrons. The van der Waals surface area contributed by atoms with E-state index >= 15 is 0 Å². The predicted octanol–water partition coefficient (Wildman–Crippen LogP) is 9.61. The molecule has 4 N–H and O–H groups in total. The molecule has 47 heteroatoms. The van der Waals surface area contributed by atoms with Crippen LogP contribution in [0.15, 0.2) is 203 Å². The first-order valence-corrected chi connectivity index (χ1v) is 45.7. The van der Waals surface area contributed by atoms with E-state index in [4.69, 9.17) is 43.2 Å². The van der Waals surface area contributed by atoms with E-state index in [1.165, 1.54) is 18.1 Å². The van der Waals surface area contributed by atoms with Gasteiger partial charge in [-0.05, 0) is 108 Å². The minimum atomic E-state index is -10.7. The molecule has 0 bridgehead atoms. The molecule has 0 amide bonds. The second-order valence-corrected chi connectivity index (χ2v) is 36.5. The summed E-state index contributed by atoms with van der Waals surface area (Å²) in [7, 11) is -22.2. The number of benzene rings is 6. The molecule has 132 heavy (non-hydrogen) atoms. The quantitative estimate of drug-likeness (QED) is 0.0101. The largest absolute Gasteiger partial charge is 1.00 e. The van der Waals surface area contributed by atoms with Crippen LogP contribution >= 0.6 is 23.4 Å². The second-order valence-electron chi connectivity index (χ2n) is 30.7. The number of ether oxygens (including phenoxy) is 8. The number of rotatable bonds is 32. The van der Waals surface area contributed by atoms with Gasteiger partial charge in [0.1, 0.15) is 187 Å². The number of aryl methyl sites for hydroxylation is 11. The van der Waals surface area contributed by atoms with Gasteiger partial charge in [-0.3, -0.25) is 0 Å². The fourth-order valence-electron chi connectivity index (χ4n) is 12.3. The van der Waals surface area contributed by atoms with Crippen molar-refractivity contribution in [2.24, 2.45) is 35.2 Å². The number of epoxide rings is 2. The zero-order valence-electron chi connectivity index (χ0n) is 75.7. The third-order valence-electron chi connectivity index (χ3n) is 17.8. The van der Waals surface area contributed by atoms with Crippen molar-refractivity contribution >= 4 is 23.4 Å². The molecule has 5 aromatic heterocycles. The van der Waals surface area contributed by atoms with Crippen LogP contribution in [0.25, 0.3) is 0 Å². The van der Waals surface area contributed by atoms with Crippen LogP contribution in [-0.2, 0) is 90.2 Å². The molecule has 6 unspecified atom stereocenters. The average Bonchev–Trinajstić information content (AvgIpc) is 1.21. The van der Waals surface area contributed by atoms with Gasteiger partial charge < -0.3 is 62.9 Å². The van der Waals surface area contributed by atoms with Gasteiger partial charge in [-0.25, -0.2) is 41.5 Å². The summed E-state index contributed by atoms with van der Waals surface area (Å²) in [6.07, 6.45) is 28.5. The van der Waals surface area contributed by atoms with Gasteiger partial charge in [0, 0.05) is 45.6 Å². The van der Waals surface area contributed by atoms with Crippen LogP contribution in [0.3, 0.4) is 0 Å². The van der Waals surface area contributed by atoms with Crippen LogP contribution in [0, 0.1) is 52.9 Å². The van der Waals surface area contributed by atoms with Crippen LogP contribution in [0.1, 0.15) is 73.7 Å². The van der Waals surface area contributed by atoms with Crippen LogP contribution in [0.5, 0.6) is 34.5 Å². The van der Waals surface area contributed by atoms with Gasteiger partial charge in [-0.2, -0.15) is 5.26 Å². The molecule has 2 fully saturated rings. The van der Waals surface area contributed by atoms with Crippen molar-refractivity contribution in [3.05, 3.63) is 270 Å². The monoisotopic (exact) mass is 2030 g/mol. The van der Waals surface area contributed by atoms with Crippen LogP contribution in [0.2, 0.25) is 0 Å². The Labute approximate surface area is 881 Å². The van der Waals surface area contributed by atoms with Crippen molar-refractivity contribution in [3.8, 4) is 40.6 Å². The fraction of sp³-hybridized carbons (Fsp3) is 0.388. The number of imidazole rings is 5. The SMILES string of the molecule is CC#N.Cc1cccc(Cc2cccc(C)c2OCC(O)Cn2cc[n+](C)c2)c1OCC(O)Cn1cc[n+](C)c1.Cc1cccc(Cc2cccc(C)c2OCC(O)Cn2cc[n+](C)c2)c1OCC(O)Cn1cc[n+](C)c1.Cc1cccc(Cc2cccc(C)c2OCC2CO2)c1OCC1CO1.Cn1ccnc1.F[P-](F)(F)(F)(F)F.F[P-](F)(F)(F)(F)F.F[P-](F)(F)(F)(F)F.[K+].[K+].[K+]. The van der Waals surface area contributed by atoms with Gasteiger partial charge in [-0.1, -0.05) is 109 Å². The van der Waals surface area contributed by atoms with Crippen molar-refractivity contribution in [2.45, 2.75) is 131 Å².